The summed E-state index contributed by atoms with van der Waals surface area (Å²) in [6.07, 6.45) is 0. The molecule has 22 valence electrons. The topological polar surface area (TPSA) is 17.1 Å². The number of rotatable bonds is 0. The molecule has 0 aromatic heterocycles. The minimum atomic E-state index is 0.245. The Kier molecular flexibility index (Phi) is 2.45. The van der Waals surface area contributed by atoms with Crippen LogP contribution >= 0.6 is 0 Å². The lowest BCUT2D eigenvalue weighted by Gasteiger charge is -1.14. The maximum Gasteiger partial charge on any atom is 0.141 e. The number of hydrogen-bond donors (Lipinski definition) is 0. The largest absolute Gasteiger partial charge is 0.203 e. The second kappa shape index (κ2) is 2.67. The van der Waals surface area contributed by atoms with Crippen LogP contribution in [0.1, 0.15) is 0 Å². The first-order valence-electron chi connectivity index (χ1n) is 0.724. The zero-order valence-corrected chi connectivity index (χ0v) is 2.84. The molecule has 0 aliphatic heterocycles. The van der Waals surface area contributed by atoms with E-state index in [9.17, 15) is 0 Å². The van der Waals surface area contributed by atoms with Crippen molar-refractivity contribution in [2.24, 2.45) is 0 Å². The molecule has 0 aromatic rings. The molecule has 0 heterocycles. The molecule has 0 N–H and O–H groups in total. The van der Waals surface area contributed by atoms with Gasteiger partial charge in [0.15, 0.2) is 0 Å². The van der Waals surface area contributed by atoms with E-state index in [1.165, 1.54) is 0 Å². The Balaban J connectivity index is 3.95. The van der Waals surface area contributed by atoms with Gasteiger partial charge in [-0.2, -0.15) is 0 Å². The second-order valence-electron chi connectivity index (χ2n) is 0.228. The molecule has 0 amide bonds. The van der Waals surface area contributed by atoms with E-state index in [0.29, 0.717) is 0 Å². The first kappa shape index (κ1) is 3.67. The Labute approximate surface area is 28.0 Å². The summed E-state index contributed by atoms with van der Waals surface area (Å²) in [4.78, 5) is 0. The zero-order valence-electron chi connectivity index (χ0n) is 2.02. The first-order valence-corrected chi connectivity index (χ1v) is 1.47. The average molecular weight is 74.1 g/mol. The van der Waals surface area contributed by atoms with Gasteiger partial charge in [-0.1, -0.05) is 0 Å². The highest BCUT2D eigenvalue weighted by atomic mass is 32.1. The summed E-state index contributed by atoms with van der Waals surface area (Å²) in [6.45, 7) is 3.00. The zero-order chi connectivity index (χ0) is 3.41. The summed E-state index contributed by atoms with van der Waals surface area (Å²) in [5.41, 5.74) is 0. The van der Waals surface area contributed by atoms with Crippen LogP contribution in [0.3, 0.4) is 0 Å². The van der Waals surface area contributed by atoms with Gasteiger partial charge in [-0.25, -0.2) is 4.21 Å². The fourth-order valence-electron chi connectivity index (χ4n) is 0. The molecule has 0 atom stereocenters. The number of hydrogen-bond acceptors (Lipinski definition) is 1. The van der Waals surface area contributed by atoms with E-state index in [-0.39, 0.29) is 11.3 Å². The smallest absolute Gasteiger partial charge is 0.141 e. The lowest BCUT2D eigenvalue weighted by molar-refractivity contribution is 0.701. The molecule has 2 heteroatoms. The van der Waals surface area contributed by atoms with Crippen LogP contribution in [0, 0.1) is 0 Å². The van der Waals surface area contributed by atoms with Gasteiger partial charge in [0.2, 0.25) is 0 Å². The maximum atomic E-state index is 9.04. The van der Waals surface area contributed by atoms with Crippen molar-refractivity contribution in [2.75, 3.05) is 0 Å². The van der Waals surface area contributed by atoms with E-state index >= 15 is 0 Å². The van der Waals surface area contributed by atoms with Gasteiger partial charge in [-0.05, 0) is 11.6 Å². The standard InChI is InChI=1S/C2H2OS/c1-2-4-3/h1H2. The third-order valence-corrected chi connectivity index (χ3v) is 0.177. The fraction of sp³-hybridized carbons (Fsp3) is 0. The van der Waals surface area contributed by atoms with Crippen molar-refractivity contribution in [3.8, 4) is 0 Å². The van der Waals surface area contributed by atoms with Crippen LogP contribution in [0.5, 0.6) is 0 Å². The molecule has 1 nitrogen and oxygen atoms in total. The highest BCUT2D eigenvalue weighted by Crippen LogP contribution is 1.04. The average Bonchev–Trinajstić information content (AvgIpc) is 1.37. The summed E-state index contributed by atoms with van der Waals surface area (Å²) in [5.74, 6) is 0. The Morgan fingerprint density at radius 2 is 2.25 bits per heavy atom. The summed E-state index contributed by atoms with van der Waals surface area (Å²) >= 11 is 0.245. The molecule has 0 spiro atoms. The van der Waals surface area contributed by atoms with E-state index < -0.39 is 0 Å². The van der Waals surface area contributed by atoms with Gasteiger partial charge in [-0.15, -0.1) is 0 Å². The molecule has 0 saturated carbocycles. The van der Waals surface area contributed by atoms with Crippen LogP contribution in [-0.4, -0.2) is 9.23 Å². The van der Waals surface area contributed by atoms with Crippen LogP contribution in [0.15, 0.2) is 6.58 Å². The maximum absolute atomic E-state index is 9.04. The molecule has 0 radical (unpaired) electrons. The van der Waals surface area contributed by atoms with Crippen LogP contribution in [0.4, 0.5) is 0 Å². The molecule has 0 bridgehead atoms. The van der Waals surface area contributed by atoms with Gasteiger partial charge in [0, 0.05) is 0 Å². The molecular weight excluding hydrogens is 72.1 g/mol. The molecular formula is C2H2OS. The summed E-state index contributed by atoms with van der Waals surface area (Å²) in [6, 6.07) is 0. The summed E-state index contributed by atoms with van der Waals surface area (Å²) in [7, 11) is 0. The second-order valence-corrected chi connectivity index (χ2v) is 0.683. The van der Waals surface area contributed by atoms with E-state index in [4.69, 9.17) is 4.21 Å². The molecule has 0 aliphatic rings. The summed E-state index contributed by atoms with van der Waals surface area (Å²) in [5, 5.41) is 2.04. The quantitative estimate of drug-likeness (QED) is 0.363. The van der Waals surface area contributed by atoms with E-state index in [0.717, 1.165) is 0 Å². The lowest BCUT2D eigenvalue weighted by atomic mass is 11.3. The monoisotopic (exact) mass is 74.0 g/mol. The van der Waals surface area contributed by atoms with E-state index in [1.807, 2.05) is 5.02 Å². The SMILES string of the molecule is C=C=S=O. The minimum Gasteiger partial charge on any atom is -0.203 e. The lowest BCUT2D eigenvalue weighted by Crippen LogP contribution is -1.28. The molecule has 0 saturated heterocycles. The van der Waals surface area contributed by atoms with Crippen molar-refractivity contribution >= 4 is 16.3 Å². The molecule has 0 aromatic carbocycles. The normalized spacial score (nSPS) is 4.00. The van der Waals surface area contributed by atoms with Crippen LogP contribution in [0.2, 0.25) is 0 Å². The van der Waals surface area contributed by atoms with Gasteiger partial charge < -0.3 is 0 Å². The predicted molar refractivity (Wildman–Crippen MR) is 18.8 cm³/mol. The molecule has 4 heavy (non-hydrogen) atoms. The molecule has 0 aliphatic carbocycles. The van der Waals surface area contributed by atoms with Gasteiger partial charge >= 0.3 is 0 Å². The Morgan fingerprint density at radius 3 is 2.25 bits per heavy atom. The van der Waals surface area contributed by atoms with Gasteiger partial charge in [0.25, 0.3) is 0 Å². The molecule has 0 rings (SSSR count). The van der Waals surface area contributed by atoms with Crippen LogP contribution in [-0.2, 0) is 11.3 Å². The van der Waals surface area contributed by atoms with Crippen molar-refractivity contribution in [3.05, 3.63) is 6.58 Å². The fourth-order valence-corrected chi connectivity index (χ4v) is 0. The highest BCUT2D eigenvalue weighted by Gasteiger charge is 1.16. The third kappa shape index (κ3) is 1.67. The highest BCUT2D eigenvalue weighted by molar-refractivity contribution is 7.64. The van der Waals surface area contributed by atoms with Gasteiger partial charge in [0.1, 0.15) is 11.3 Å². The van der Waals surface area contributed by atoms with Crippen molar-refractivity contribution in [1.29, 1.82) is 0 Å². The Bertz CT molecular complexity index is 56.1. The molecule has 0 unspecified atom stereocenters. The Hall–Kier alpha value is -0.330. The van der Waals surface area contributed by atoms with Crippen molar-refractivity contribution in [2.45, 2.75) is 0 Å². The van der Waals surface area contributed by atoms with E-state index in [1.54, 1.807) is 0 Å². The minimum absolute atomic E-state index is 0.245. The van der Waals surface area contributed by atoms with Crippen LogP contribution < -0.4 is 0 Å². The van der Waals surface area contributed by atoms with Crippen molar-refractivity contribution in [1.82, 2.24) is 0 Å². The molecule has 0 fully saturated rings. The first-order chi connectivity index (χ1) is 1.91. The van der Waals surface area contributed by atoms with E-state index in [2.05, 4.69) is 6.58 Å². The van der Waals surface area contributed by atoms with Crippen molar-refractivity contribution in [3.63, 3.8) is 0 Å². The Morgan fingerprint density at radius 1 is 2.00 bits per heavy atom. The predicted octanol–water partition coefficient (Wildman–Crippen LogP) is -0.214. The van der Waals surface area contributed by atoms with Crippen LogP contribution in [0.25, 0.3) is 0 Å². The summed E-state index contributed by atoms with van der Waals surface area (Å²) < 4.78 is 9.04. The van der Waals surface area contributed by atoms with Crippen molar-refractivity contribution < 1.29 is 4.21 Å². The van der Waals surface area contributed by atoms with Gasteiger partial charge in [-0.3, -0.25) is 0 Å². The van der Waals surface area contributed by atoms with Gasteiger partial charge in [0.05, 0.1) is 0 Å². The third-order valence-electron chi connectivity index (χ3n) is 0.0589.